The number of hydrogen-bond acceptors (Lipinski definition) is 2. The van der Waals surface area contributed by atoms with E-state index in [0.717, 1.165) is 31.5 Å². The maximum absolute atomic E-state index is 13.0. The van der Waals surface area contributed by atoms with Gasteiger partial charge in [-0.25, -0.2) is 0 Å². The fraction of sp³-hybridized carbons (Fsp3) is 0.611. The summed E-state index contributed by atoms with van der Waals surface area (Å²) in [5.74, 6) is 1.11. The third-order valence-electron chi connectivity index (χ3n) is 5.21. The lowest BCUT2D eigenvalue weighted by Crippen LogP contribution is -2.31. The smallest absolute Gasteiger partial charge is 0.303 e. The van der Waals surface area contributed by atoms with E-state index < -0.39 is 17.5 Å². The van der Waals surface area contributed by atoms with Crippen LogP contribution in [-0.2, 0) is 6.18 Å². The first-order valence-corrected chi connectivity index (χ1v) is 8.35. The molecule has 1 aromatic carbocycles. The van der Waals surface area contributed by atoms with Crippen LogP contribution in [0, 0.1) is 11.8 Å². The number of nitrogens with zero attached hydrogens (tertiary/aromatic N) is 1. The Hall–Kier alpha value is -1.36. The number of rotatable bonds is 4. The van der Waals surface area contributed by atoms with Gasteiger partial charge < -0.3 is 4.90 Å². The average Bonchev–Trinajstić information content (AvgIpc) is 2.85. The Morgan fingerprint density at radius 1 is 1.13 bits per heavy atom. The Morgan fingerprint density at radius 3 is 2.65 bits per heavy atom. The van der Waals surface area contributed by atoms with Crippen molar-refractivity contribution in [3.63, 3.8) is 0 Å². The van der Waals surface area contributed by atoms with Gasteiger partial charge in [0.2, 0.25) is 0 Å². The lowest BCUT2D eigenvalue weighted by molar-refractivity contribution is -0.137. The van der Waals surface area contributed by atoms with Gasteiger partial charge in [0.25, 0.3) is 0 Å². The molecule has 0 spiro atoms. The highest BCUT2D eigenvalue weighted by molar-refractivity contribution is 5.97. The average molecular weight is 325 g/mol. The number of benzene rings is 1. The Morgan fingerprint density at radius 2 is 1.87 bits per heavy atom. The van der Waals surface area contributed by atoms with Crippen LogP contribution in [0.5, 0.6) is 0 Å². The predicted molar refractivity (Wildman–Crippen MR) is 82.3 cm³/mol. The number of carbonyl (C=O) groups is 1. The van der Waals surface area contributed by atoms with Crippen molar-refractivity contribution in [3.8, 4) is 0 Å². The minimum atomic E-state index is -4.48. The molecule has 0 amide bonds. The van der Waals surface area contributed by atoms with E-state index in [1.165, 1.54) is 37.5 Å². The summed E-state index contributed by atoms with van der Waals surface area (Å²) in [4.78, 5) is 14.5. The van der Waals surface area contributed by atoms with Crippen LogP contribution in [-0.4, -0.2) is 30.3 Å². The Balaban J connectivity index is 1.62. The largest absolute Gasteiger partial charge is 0.417 e. The molecule has 1 aliphatic heterocycles. The summed E-state index contributed by atoms with van der Waals surface area (Å²) < 4.78 is 39.0. The first kappa shape index (κ1) is 16.5. The molecule has 0 aromatic heterocycles. The molecule has 1 aromatic rings. The van der Waals surface area contributed by atoms with Gasteiger partial charge in [0.1, 0.15) is 0 Å². The second-order valence-corrected chi connectivity index (χ2v) is 6.85. The molecule has 23 heavy (non-hydrogen) atoms. The van der Waals surface area contributed by atoms with Crippen molar-refractivity contribution in [2.75, 3.05) is 19.6 Å². The lowest BCUT2D eigenvalue weighted by atomic mass is 10.0. The van der Waals surface area contributed by atoms with E-state index in [4.69, 9.17) is 0 Å². The number of carbonyl (C=O) groups excluding carboxylic acids is 1. The second-order valence-electron chi connectivity index (χ2n) is 6.85. The molecule has 2 unspecified atom stereocenters. The van der Waals surface area contributed by atoms with E-state index in [-0.39, 0.29) is 12.0 Å². The zero-order chi connectivity index (χ0) is 16.4. The first-order valence-electron chi connectivity index (χ1n) is 8.35. The Labute approximate surface area is 134 Å². The van der Waals surface area contributed by atoms with Gasteiger partial charge >= 0.3 is 6.18 Å². The molecule has 2 atom stereocenters. The third-order valence-corrected chi connectivity index (χ3v) is 5.21. The number of Topliss-reactive ketones (excluding diaryl/α,β-unsaturated/α-hetero) is 1. The molecule has 1 saturated carbocycles. The van der Waals surface area contributed by atoms with Gasteiger partial charge in [-0.2, -0.15) is 13.2 Å². The van der Waals surface area contributed by atoms with Gasteiger partial charge in [0, 0.05) is 25.1 Å². The van der Waals surface area contributed by atoms with E-state index >= 15 is 0 Å². The molecule has 2 bridgehead atoms. The second kappa shape index (κ2) is 6.63. The van der Waals surface area contributed by atoms with Crippen molar-refractivity contribution in [3.05, 3.63) is 35.4 Å². The van der Waals surface area contributed by atoms with Gasteiger partial charge in [-0.05, 0) is 43.7 Å². The van der Waals surface area contributed by atoms with Crippen LogP contribution < -0.4 is 0 Å². The molecule has 3 rings (SSSR count). The molecule has 5 heteroatoms. The molecular formula is C18H22F3NO. The molecule has 2 nitrogen and oxygen atoms in total. The molecule has 0 radical (unpaired) electrons. The van der Waals surface area contributed by atoms with E-state index in [0.29, 0.717) is 12.5 Å². The van der Waals surface area contributed by atoms with Crippen LogP contribution in [0.1, 0.15) is 48.0 Å². The monoisotopic (exact) mass is 325 g/mol. The van der Waals surface area contributed by atoms with Crippen LogP contribution in [0.2, 0.25) is 0 Å². The summed E-state index contributed by atoms with van der Waals surface area (Å²) in [7, 11) is 0. The van der Waals surface area contributed by atoms with Gasteiger partial charge in [0.05, 0.1) is 5.56 Å². The van der Waals surface area contributed by atoms with Crippen molar-refractivity contribution in [2.24, 2.45) is 11.8 Å². The van der Waals surface area contributed by atoms with Crippen LogP contribution in [0.4, 0.5) is 13.2 Å². The summed E-state index contributed by atoms with van der Waals surface area (Å²) in [6.07, 6.45) is 0.687. The summed E-state index contributed by atoms with van der Waals surface area (Å²) in [5, 5.41) is 0. The number of ketones is 1. The number of hydrogen-bond donors (Lipinski definition) is 0. The Bertz CT molecular complexity index is 570. The minimum absolute atomic E-state index is 0.157. The molecule has 2 fully saturated rings. The first-order chi connectivity index (χ1) is 10.9. The summed E-state index contributed by atoms with van der Waals surface area (Å²) >= 11 is 0. The lowest BCUT2D eigenvalue weighted by Gasteiger charge is -2.24. The van der Waals surface area contributed by atoms with Crippen molar-refractivity contribution in [2.45, 2.75) is 38.3 Å². The Kier molecular flexibility index (Phi) is 4.76. The third kappa shape index (κ3) is 3.94. The predicted octanol–water partition coefficient (Wildman–Crippen LogP) is 4.40. The summed E-state index contributed by atoms with van der Waals surface area (Å²) in [5.41, 5.74) is -1.02. The molecule has 126 valence electrons. The highest BCUT2D eigenvalue weighted by atomic mass is 19.4. The molecule has 0 N–H and O–H groups in total. The maximum Gasteiger partial charge on any atom is 0.417 e. The van der Waals surface area contributed by atoms with Gasteiger partial charge in [-0.3, -0.25) is 4.79 Å². The minimum Gasteiger partial charge on any atom is -0.303 e. The zero-order valence-corrected chi connectivity index (χ0v) is 13.1. The zero-order valence-electron chi connectivity index (χ0n) is 13.1. The fourth-order valence-corrected chi connectivity index (χ4v) is 4.00. The fourth-order valence-electron chi connectivity index (χ4n) is 4.00. The van der Waals surface area contributed by atoms with Crippen LogP contribution in [0.25, 0.3) is 0 Å². The van der Waals surface area contributed by atoms with Crippen molar-refractivity contribution in [1.29, 1.82) is 0 Å². The quantitative estimate of drug-likeness (QED) is 0.765. The van der Waals surface area contributed by atoms with E-state index in [1.807, 2.05) is 0 Å². The SMILES string of the molecule is O=C(CCN1CCC2CCC(C2)C1)c1ccccc1C(F)(F)F. The van der Waals surface area contributed by atoms with E-state index in [1.54, 1.807) is 0 Å². The van der Waals surface area contributed by atoms with Gasteiger partial charge in [-0.1, -0.05) is 24.6 Å². The van der Waals surface area contributed by atoms with Crippen LogP contribution in [0.15, 0.2) is 24.3 Å². The number of likely N-dealkylation sites (tertiary alicyclic amines) is 1. The molecule has 1 heterocycles. The highest BCUT2D eigenvalue weighted by Gasteiger charge is 2.35. The van der Waals surface area contributed by atoms with Gasteiger partial charge in [-0.15, -0.1) is 0 Å². The molecule has 2 aliphatic rings. The van der Waals surface area contributed by atoms with Crippen molar-refractivity contribution in [1.82, 2.24) is 4.90 Å². The maximum atomic E-state index is 13.0. The number of halogens is 3. The summed E-state index contributed by atoms with van der Waals surface area (Å²) in [6, 6.07) is 5.09. The molecular weight excluding hydrogens is 303 g/mol. The normalized spacial score (nSPS) is 25.3. The highest BCUT2D eigenvalue weighted by Crippen LogP contribution is 2.36. The van der Waals surface area contributed by atoms with E-state index in [2.05, 4.69) is 4.90 Å². The number of fused-ring (bicyclic) bond motifs is 2. The topological polar surface area (TPSA) is 20.3 Å². The molecule has 1 aliphatic carbocycles. The van der Waals surface area contributed by atoms with Crippen LogP contribution >= 0.6 is 0 Å². The van der Waals surface area contributed by atoms with Crippen molar-refractivity contribution < 1.29 is 18.0 Å². The van der Waals surface area contributed by atoms with E-state index in [9.17, 15) is 18.0 Å². The van der Waals surface area contributed by atoms with Gasteiger partial charge in [0.15, 0.2) is 5.78 Å². The summed E-state index contributed by atoms with van der Waals surface area (Å²) in [6.45, 7) is 2.52. The molecule has 1 saturated heterocycles. The van der Waals surface area contributed by atoms with Crippen LogP contribution in [0.3, 0.4) is 0 Å². The number of alkyl halides is 3. The van der Waals surface area contributed by atoms with Crippen molar-refractivity contribution >= 4 is 5.78 Å². The standard InChI is InChI=1S/C18H22F3NO/c19-18(20,21)16-4-2-1-3-15(16)17(23)8-10-22-9-7-13-5-6-14(11-13)12-22/h1-4,13-14H,5-12H2.